The second-order valence-electron chi connectivity index (χ2n) is 5.95. The molecule has 11 heteroatoms. The van der Waals surface area contributed by atoms with E-state index < -0.39 is 67.8 Å². The van der Waals surface area contributed by atoms with Crippen LogP contribution >= 0.6 is 0 Å². The number of rotatable bonds is 5. The summed E-state index contributed by atoms with van der Waals surface area (Å²) in [5.74, 6) is -0.830. The normalized spacial score (nSPS) is 45.2. The summed E-state index contributed by atoms with van der Waals surface area (Å²) >= 11 is 0. The molecule has 0 bridgehead atoms. The Balaban J connectivity index is 2.11. The molecule has 2 rings (SSSR count). The molecule has 9 atom stereocenters. The van der Waals surface area contributed by atoms with Crippen molar-refractivity contribution in [2.45, 2.75) is 61.7 Å². The minimum atomic E-state index is -1.36. The predicted molar refractivity (Wildman–Crippen MR) is 78.9 cm³/mol. The van der Waals surface area contributed by atoms with Gasteiger partial charge < -0.3 is 49.8 Å². The van der Waals surface area contributed by atoms with E-state index in [9.17, 15) is 25.2 Å². The summed E-state index contributed by atoms with van der Waals surface area (Å²) in [6.07, 6.45) is -9.88. The zero-order valence-electron chi connectivity index (χ0n) is 13.9. The van der Waals surface area contributed by atoms with E-state index in [1.165, 1.54) is 7.11 Å². The van der Waals surface area contributed by atoms with E-state index in [1.54, 1.807) is 0 Å². The van der Waals surface area contributed by atoms with Crippen LogP contribution in [0.2, 0.25) is 0 Å². The standard InChI is InChI=1S/C14H25NO10/c1-21-12(20)10-5(17)3-6(18)13(24-10)25-11-7(4-16)23-14(22-2)8(15)9(11)19/h5-11,13-14,16-19H,3-4,15H2,1-2H3. The molecule has 0 aliphatic carbocycles. The highest BCUT2D eigenvalue weighted by Crippen LogP contribution is 2.28. The SMILES string of the molecule is COC(=O)C1OC(OC2C(CO)OC(OC)C(N)C2O)C(O)CC1O. The van der Waals surface area contributed by atoms with Crippen molar-refractivity contribution in [3.8, 4) is 0 Å². The first-order chi connectivity index (χ1) is 11.8. The molecule has 2 heterocycles. The van der Waals surface area contributed by atoms with Crippen molar-refractivity contribution in [3.63, 3.8) is 0 Å². The van der Waals surface area contributed by atoms with Gasteiger partial charge in [0.2, 0.25) is 0 Å². The molecular formula is C14H25NO10. The van der Waals surface area contributed by atoms with Crippen molar-refractivity contribution >= 4 is 5.97 Å². The fourth-order valence-electron chi connectivity index (χ4n) is 2.88. The quantitative estimate of drug-likeness (QED) is 0.305. The number of esters is 1. The third-order valence-electron chi connectivity index (χ3n) is 4.28. The van der Waals surface area contributed by atoms with E-state index in [2.05, 4.69) is 4.74 Å². The Labute approximate surface area is 144 Å². The van der Waals surface area contributed by atoms with Gasteiger partial charge >= 0.3 is 5.97 Å². The molecule has 25 heavy (non-hydrogen) atoms. The maximum absolute atomic E-state index is 11.6. The summed E-state index contributed by atoms with van der Waals surface area (Å²) in [6.45, 7) is -0.514. The molecule has 0 saturated carbocycles. The number of nitrogens with two attached hydrogens (primary N) is 1. The van der Waals surface area contributed by atoms with E-state index in [-0.39, 0.29) is 6.42 Å². The lowest BCUT2D eigenvalue weighted by Crippen LogP contribution is -2.65. The highest BCUT2D eigenvalue weighted by Gasteiger charge is 2.48. The number of carbonyl (C=O) groups excluding carboxylic acids is 1. The van der Waals surface area contributed by atoms with Crippen molar-refractivity contribution in [1.29, 1.82) is 0 Å². The van der Waals surface area contributed by atoms with Crippen LogP contribution in [0.4, 0.5) is 0 Å². The molecule has 0 spiro atoms. The van der Waals surface area contributed by atoms with Crippen LogP contribution < -0.4 is 5.73 Å². The zero-order valence-corrected chi connectivity index (χ0v) is 13.9. The molecule has 6 N–H and O–H groups in total. The predicted octanol–water partition coefficient (Wildman–Crippen LogP) is -3.57. The van der Waals surface area contributed by atoms with Gasteiger partial charge in [-0.15, -0.1) is 0 Å². The summed E-state index contributed by atoms with van der Waals surface area (Å²) < 4.78 is 25.8. The van der Waals surface area contributed by atoms with Crippen LogP contribution in [-0.4, -0.2) is 102 Å². The second kappa shape index (κ2) is 8.66. The Morgan fingerprint density at radius 2 is 1.84 bits per heavy atom. The van der Waals surface area contributed by atoms with Crippen LogP contribution in [0.5, 0.6) is 0 Å². The Kier molecular flexibility index (Phi) is 7.08. The van der Waals surface area contributed by atoms with Gasteiger partial charge in [0.15, 0.2) is 18.7 Å². The lowest BCUT2D eigenvalue weighted by molar-refractivity contribution is -0.327. The minimum absolute atomic E-state index is 0.204. The monoisotopic (exact) mass is 367 g/mol. The summed E-state index contributed by atoms with van der Waals surface area (Å²) in [5.41, 5.74) is 5.82. The molecule has 0 amide bonds. The highest BCUT2D eigenvalue weighted by molar-refractivity contribution is 5.75. The molecule has 0 aromatic rings. The maximum atomic E-state index is 11.6. The Morgan fingerprint density at radius 3 is 2.40 bits per heavy atom. The van der Waals surface area contributed by atoms with E-state index in [0.717, 1.165) is 7.11 Å². The second-order valence-corrected chi connectivity index (χ2v) is 5.95. The Morgan fingerprint density at radius 1 is 1.16 bits per heavy atom. The summed E-state index contributed by atoms with van der Waals surface area (Å²) in [5, 5.41) is 39.7. The fraction of sp³-hybridized carbons (Fsp3) is 0.929. The molecule has 9 unspecified atom stereocenters. The van der Waals surface area contributed by atoms with Crippen LogP contribution in [0.15, 0.2) is 0 Å². The van der Waals surface area contributed by atoms with Gasteiger partial charge in [0.25, 0.3) is 0 Å². The molecule has 0 aromatic heterocycles. The molecule has 2 fully saturated rings. The summed E-state index contributed by atoms with van der Waals surface area (Å²) in [4.78, 5) is 11.6. The molecule has 2 saturated heterocycles. The molecule has 0 aromatic carbocycles. The highest BCUT2D eigenvalue weighted by atomic mass is 16.7. The van der Waals surface area contributed by atoms with Crippen molar-refractivity contribution < 1.29 is 48.9 Å². The van der Waals surface area contributed by atoms with E-state index in [1.807, 2.05) is 0 Å². The average Bonchev–Trinajstić information content (AvgIpc) is 2.60. The maximum Gasteiger partial charge on any atom is 0.337 e. The minimum Gasteiger partial charge on any atom is -0.467 e. The Bertz CT molecular complexity index is 449. The first-order valence-corrected chi connectivity index (χ1v) is 7.81. The summed E-state index contributed by atoms with van der Waals surface area (Å²) in [6, 6.07) is -0.972. The van der Waals surface area contributed by atoms with E-state index in [0.29, 0.717) is 0 Å². The topological polar surface area (TPSA) is 170 Å². The van der Waals surface area contributed by atoms with Gasteiger partial charge in [-0.2, -0.15) is 0 Å². The lowest BCUT2D eigenvalue weighted by Gasteiger charge is -2.44. The average molecular weight is 367 g/mol. The molecular weight excluding hydrogens is 342 g/mol. The summed E-state index contributed by atoms with van der Waals surface area (Å²) in [7, 11) is 2.47. The van der Waals surface area contributed by atoms with Gasteiger partial charge in [0.1, 0.15) is 24.4 Å². The van der Waals surface area contributed by atoms with Gasteiger partial charge in [-0.3, -0.25) is 0 Å². The molecule has 0 radical (unpaired) electrons. The number of ether oxygens (including phenoxy) is 5. The third kappa shape index (κ3) is 4.27. The Hall–Kier alpha value is -0.890. The van der Waals surface area contributed by atoms with Crippen LogP contribution in [0.25, 0.3) is 0 Å². The molecule has 11 nitrogen and oxygen atoms in total. The molecule has 2 aliphatic heterocycles. The van der Waals surface area contributed by atoms with Crippen molar-refractivity contribution in [2.24, 2.45) is 5.73 Å². The zero-order chi connectivity index (χ0) is 18.7. The van der Waals surface area contributed by atoms with Gasteiger partial charge in [-0.05, 0) is 0 Å². The number of hydrogen-bond donors (Lipinski definition) is 5. The van der Waals surface area contributed by atoms with E-state index >= 15 is 0 Å². The largest absolute Gasteiger partial charge is 0.467 e. The van der Waals surface area contributed by atoms with Crippen LogP contribution in [0.3, 0.4) is 0 Å². The van der Waals surface area contributed by atoms with Gasteiger partial charge in [0, 0.05) is 13.5 Å². The van der Waals surface area contributed by atoms with Crippen LogP contribution in [-0.2, 0) is 28.5 Å². The third-order valence-corrected chi connectivity index (χ3v) is 4.28. The number of aliphatic hydroxyl groups excluding tert-OH is 4. The van der Waals surface area contributed by atoms with Gasteiger partial charge in [-0.1, -0.05) is 0 Å². The number of carbonyl (C=O) groups is 1. The van der Waals surface area contributed by atoms with E-state index in [4.69, 9.17) is 24.7 Å². The van der Waals surface area contributed by atoms with Gasteiger partial charge in [0.05, 0.1) is 25.9 Å². The number of hydrogen-bond acceptors (Lipinski definition) is 11. The van der Waals surface area contributed by atoms with Crippen molar-refractivity contribution in [3.05, 3.63) is 0 Å². The molecule has 2 aliphatic rings. The number of methoxy groups -OCH3 is 2. The first-order valence-electron chi connectivity index (χ1n) is 7.81. The lowest BCUT2D eigenvalue weighted by atomic mass is 9.97. The fourth-order valence-corrected chi connectivity index (χ4v) is 2.88. The van der Waals surface area contributed by atoms with Crippen LogP contribution in [0, 0.1) is 0 Å². The van der Waals surface area contributed by atoms with Crippen LogP contribution in [0.1, 0.15) is 6.42 Å². The molecule has 146 valence electrons. The smallest absolute Gasteiger partial charge is 0.337 e. The van der Waals surface area contributed by atoms with Gasteiger partial charge in [-0.25, -0.2) is 4.79 Å². The first kappa shape index (κ1) is 20.4. The number of aliphatic hydroxyl groups is 4. The van der Waals surface area contributed by atoms with Crippen molar-refractivity contribution in [1.82, 2.24) is 0 Å². The van der Waals surface area contributed by atoms with Crippen molar-refractivity contribution in [2.75, 3.05) is 20.8 Å².